The minimum Gasteiger partial charge on any atom is -0.325 e. The van der Waals surface area contributed by atoms with Gasteiger partial charge in [0.2, 0.25) is 0 Å². The first-order valence-corrected chi connectivity index (χ1v) is 5.05. The Kier molecular flexibility index (Phi) is 3.13. The highest BCUT2D eigenvalue weighted by Crippen LogP contribution is 2.25. The lowest BCUT2D eigenvalue weighted by Crippen LogP contribution is -2.47. The predicted octanol–water partition coefficient (Wildman–Crippen LogP) is 1.46. The minimum absolute atomic E-state index is 0.0276. The first-order chi connectivity index (χ1) is 5.54. The van der Waals surface area contributed by atoms with E-state index in [1.54, 1.807) is 0 Å². The predicted molar refractivity (Wildman–Crippen MR) is 53.1 cm³/mol. The van der Waals surface area contributed by atoms with Crippen molar-refractivity contribution in [3.8, 4) is 0 Å². The minimum atomic E-state index is 0.0276. The van der Waals surface area contributed by atoms with Crippen molar-refractivity contribution >= 4 is 0 Å². The van der Waals surface area contributed by atoms with E-state index >= 15 is 0 Å². The molecule has 0 atom stereocenters. The van der Waals surface area contributed by atoms with Crippen LogP contribution in [0.1, 0.15) is 33.6 Å². The zero-order valence-corrected chi connectivity index (χ0v) is 8.64. The van der Waals surface area contributed by atoms with Crippen molar-refractivity contribution in [1.29, 1.82) is 0 Å². The molecule has 72 valence electrons. The molecule has 0 aliphatic carbocycles. The number of hydrogen-bond acceptors (Lipinski definition) is 2. The summed E-state index contributed by atoms with van der Waals surface area (Å²) in [6, 6.07) is 0. The lowest BCUT2D eigenvalue weighted by atomic mass is 9.81. The van der Waals surface area contributed by atoms with Crippen molar-refractivity contribution in [1.82, 2.24) is 4.90 Å². The van der Waals surface area contributed by atoms with Crippen LogP contribution in [0.2, 0.25) is 0 Å². The Balaban J connectivity index is 2.36. The summed E-state index contributed by atoms with van der Waals surface area (Å²) in [5, 5.41) is 0. The molecule has 0 spiro atoms. The lowest BCUT2D eigenvalue weighted by molar-refractivity contribution is 0.149. The second-order valence-electron chi connectivity index (χ2n) is 4.53. The standard InChI is InChI=1S/C10H22N2/c1-4-12-7-5-9(6-8-12)10(2,3)11/h9H,4-8,11H2,1-3H3. The zero-order valence-electron chi connectivity index (χ0n) is 8.64. The first-order valence-electron chi connectivity index (χ1n) is 5.05. The molecule has 1 fully saturated rings. The average molecular weight is 170 g/mol. The van der Waals surface area contributed by atoms with E-state index in [9.17, 15) is 0 Å². The largest absolute Gasteiger partial charge is 0.325 e. The van der Waals surface area contributed by atoms with Gasteiger partial charge >= 0.3 is 0 Å². The van der Waals surface area contributed by atoms with Gasteiger partial charge in [-0.15, -0.1) is 0 Å². The van der Waals surface area contributed by atoms with E-state index in [0.29, 0.717) is 0 Å². The maximum atomic E-state index is 6.08. The van der Waals surface area contributed by atoms with E-state index in [1.165, 1.54) is 32.5 Å². The molecule has 1 rings (SSSR count). The van der Waals surface area contributed by atoms with Gasteiger partial charge in [0.25, 0.3) is 0 Å². The summed E-state index contributed by atoms with van der Waals surface area (Å²) in [4.78, 5) is 2.50. The average Bonchev–Trinajstić information content (AvgIpc) is 2.03. The number of hydrogen-bond donors (Lipinski definition) is 1. The molecule has 1 aliphatic heterocycles. The summed E-state index contributed by atoms with van der Waals surface area (Å²) >= 11 is 0. The fourth-order valence-corrected chi connectivity index (χ4v) is 1.99. The Morgan fingerprint density at radius 2 is 1.83 bits per heavy atom. The van der Waals surface area contributed by atoms with Gasteiger partial charge in [0.15, 0.2) is 0 Å². The monoisotopic (exact) mass is 170 g/mol. The summed E-state index contributed by atoms with van der Waals surface area (Å²) in [5.74, 6) is 0.722. The van der Waals surface area contributed by atoms with Crippen molar-refractivity contribution in [3.05, 3.63) is 0 Å². The fraction of sp³-hybridized carbons (Fsp3) is 1.00. The van der Waals surface area contributed by atoms with Gasteiger partial charge in [-0.1, -0.05) is 6.92 Å². The highest BCUT2D eigenvalue weighted by molar-refractivity contribution is 4.86. The second-order valence-corrected chi connectivity index (χ2v) is 4.53. The molecule has 0 aromatic rings. The van der Waals surface area contributed by atoms with Crippen molar-refractivity contribution < 1.29 is 0 Å². The summed E-state index contributed by atoms with van der Waals surface area (Å²) in [6.07, 6.45) is 2.55. The van der Waals surface area contributed by atoms with Crippen LogP contribution in [0.15, 0.2) is 0 Å². The Hall–Kier alpha value is -0.0800. The van der Waals surface area contributed by atoms with Crippen LogP contribution in [0.4, 0.5) is 0 Å². The zero-order chi connectivity index (χ0) is 9.19. The second kappa shape index (κ2) is 3.75. The molecular formula is C10H22N2. The van der Waals surface area contributed by atoms with Gasteiger partial charge < -0.3 is 10.6 Å². The van der Waals surface area contributed by atoms with E-state index in [1.807, 2.05) is 0 Å². The van der Waals surface area contributed by atoms with E-state index in [0.717, 1.165) is 5.92 Å². The molecule has 2 heteroatoms. The fourth-order valence-electron chi connectivity index (χ4n) is 1.99. The summed E-state index contributed by atoms with van der Waals surface area (Å²) in [5.41, 5.74) is 6.11. The Bertz CT molecular complexity index is 129. The summed E-state index contributed by atoms with van der Waals surface area (Å²) < 4.78 is 0. The topological polar surface area (TPSA) is 29.3 Å². The van der Waals surface area contributed by atoms with Crippen LogP contribution in [0.5, 0.6) is 0 Å². The SMILES string of the molecule is CCN1CCC(C(C)(C)N)CC1. The molecular weight excluding hydrogens is 148 g/mol. The van der Waals surface area contributed by atoms with Crippen LogP contribution < -0.4 is 5.73 Å². The van der Waals surface area contributed by atoms with Crippen molar-refractivity contribution in [2.75, 3.05) is 19.6 Å². The highest BCUT2D eigenvalue weighted by atomic mass is 15.1. The third-order valence-electron chi connectivity index (χ3n) is 3.09. The van der Waals surface area contributed by atoms with Crippen molar-refractivity contribution in [2.45, 2.75) is 39.2 Å². The van der Waals surface area contributed by atoms with E-state index < -0.39 is 0 Å². The van der Waals surface area contributed by atoms with E-state index in [4.69, 9.17) is 5.73 Å². The Morgan fingerprint density at radius 3 is 2.17 bits per heavy atom. The van der Waals surface area contributed by atoms with E-state index in [2.05, 4.69) is 25.7 Å². The molecule has 0 amide bonds. The highest BCUT2D eigenvalue weighted by Gasteiger charge is 2.28. The van der Waals surface area contributed by atoms with Gasteiger partial charge in [-0.2, -0.15) is 0 Å². The maximum absolute atomic E-state index is 6.08. The molecule has 1 saturated heterocycles. The first kappa shape index (κ1) is 10.0. The lowest BCUT2D eigenvalue weighted by Gasteiger charge is -2.38. The maximum Gasteiger partial charge on any atom is 0.0126 e. The molecule has 1 heterocycles. The van der Waals surface area contributed by atoms with Crippen LogP contribution in [0.3, 0.4) is 0 Å². The molecule has 0 aromatic carbocycles. The molecule has 2 nitrogen and oxygen atoms in total. The van der Waals surface area contributed by atoms with Gasteiger partial charge in [0.05, 0.1) is 0 Å². The third-order valence-corrected chi connectivity index (χ3v) is 3.09. The Labute approximate surface area is 76.1 Å². The van der Waals surface area contributed by atoms with Crippen molar-refractivity contribution in [2.24, 2.45) is 11.7 Å². The smallest absolute Gasteiger partial charge is 0.0126 e. The van der Waals surface area contributed by atoms with Crippen LogP contribution in [0.25, 0.3) is 0 Å². The Morgan fingerprint density at radius 1 is 1.33 bits per heavy atom. The van der Waals surface area contributed by atoms with Gasteiger partial charge in [-0.05, 0) is 52.2 Å². The molecule has 1 aliphatic rings. The van der Waals surface area contributed by atoms with E-state index in [-0.39, 0.29) is 5.54 Å². The van der Waals surface area contributed by atoms with Crippen LogP contribution in [0, 0.1) is 5.92 Å². The van der Waals surface area contributed by atoms with Crippen molar-refractivity contribution in [3.63, 3.8) is 0 Å². The molecule has 0 radical (unpaired) electrons. The molecule has 12 heavy (non-hydrogen) atoms. The normalized spacial score (nSPS) is 23.0. The summed E-state index contributed by atoms with van der Waals surface area (Å²) in [7, 11) is 0. The van der Waals surface area contributed by atoms with Gasteiger partial charge in [-0.25, -0.2) is 0 Å². The molecule has 2 N–H and O–H groups in total. The molecule has 0 unspecified atom stereocenters. The quantitative estimate of drug-likeness (QED) is 0.680. The molecule has 0 aromatic heterocycles. The molecule has 0 bridgehead atoms. The number of likely N-dealkylation sites (tertiary alicyclic amines) is 1. The molecule has 0 saturated carbocycles. The summed E-state index contributed by atoms with van der Waals surface area (Å²) in [6.45, 7) is 10.2. The van der Waals surface area contributed by atoms with Crippen LogP contribution in [-0.4, -0.2) is 30.1 Å². The number of rotatable bonds is 2. The number of nitrogens with two attached hydrogens (primary N) is 1. The van der Waals surface area contributed by atoms with Crippen LogP contribution >= 0.6 is 0 Å². The number of nitrogens with zero attached hydrogens (tertiary/aromatic N) is 1. The van der Waals surface area contributed by atoms with Gasteiger partial charge in [-0.3, -0.25) is 0 Å². The van der Waals surface area contributed by atoms with Gasteiger partial charge in [0.1, 0.15) is 0 Å². The van der Waals surface area contributed by atoms with Crippen LogP contribution in [-0.2, 0) is 0 Å². The number of piperidine rings is 1. The third kappa shape index (κ3) is 2.46. The van der Waals surface area contributed by atoms with Gasteiger partial charge in [0, 0.05) is 5.54 Å².